The number of ether oxygens (including phenoxy) is 1. The first-order valence-electron chi connectivity index (χ1n) is 13.6. The van der Waals surface area contributed by atoms with Gasteiger partial charge in [-0.05, 0) is 54.3 Å². The number of thiazole rings is 1. The molecule has 2 amide bonds. The van der Waals surface area contributed by atoms with E-state index in [2.05, 4.69) is 39.0 Å². The number of urea groups is 1. The summed E-state index contributed by atoms with van der Waals surface area (Å²) < 4.78 is 59.4. The van der Waals surface area contributed by atoms with Gasteiger partial charge in [-0.1, -0.05) is 56.3 Å². The summed E-state index contributed by atoms with van der Waals surface area (Å²) in [6.07, 6.45) is -4.84. The van der Waals surface area contributed by atoms with Crippen molar-refractivity contribution in [1.29, 1.82) is 0 Å². The Morgan fingerprint density at radius 2 is 1.75 bits per heavy atom. The van der Waals surface area contributed by atoms with Gasteiger partial charge in [-0.3, -0.25) is 4.57 Å². The van der Waals surface area contributed by atoms with E-state index in [1.807, 2.05) is 41.1 Å². The van der Waals surface area contributed by atoms with E-state index < -0.39 is 18.6 Å². The van der Waals surface area contributed by atoms with Crippen LogP contribution in [0.3, 0.4) is 0 Å². The molecule has 13 heteroatoms. The molecule has 0 saturated heterocycles. The highest BCUT2D eigenvalue weighted by Crippen LogP contribution is 2.26. The van der Waals surface area contributed by atoms with Gasteiger partial charge in [-0.15, -0.1) is 29.6 Å². The van der Waals surface area contributed by atoms with Crippen molar-refractivity contribution in [1.82, 2.24) is 24.6 Å². The number of aryl methyl sites for hydroxylation is 1. The molecule has 0 bridgehead atoms. The van der Waals surface area contributed by atoms with Crippen LogP contribution in [0.15, 0.2) is 89.5 Å². The first-order valence-corrected chi connectivity index (χ1v) is 14.5. The molecule has 0 fully saturated rings. The van der Waals surface area contributed by atoms with Gasteiger partial charge in [-0.2, -0.15) is 4.99 Å². The smallest absolute Gasteiger partial charge is 0.406 e. The third kappa shape index (κ3) is 7.22. The van der Waals surface area contributed by atoms with Crippen LogP contribution in [0.5, 0.6) is 5.75 Å². The number of alkyl halides is 4. The lowest BCUT2D eigenvalue weighted by molar-refractivity contribution is -0.274. The number of halogens is 4. The summed E-state index contributed by atoms with van der Waals surface area (Å²) in [6, 6.07) is 19.0. The molecule has 0 spiro atoms. The number of amides is 2. The van der Waals surface area contributed by atoms with Crippen molar-refractivity contribution in [2.75, 3.05) is 6.54 Å². The molecule has 44 heavy (non-hydrogen) atoms. The first kappa shape index (κ1) is 30.7. The minimum absolute atomic E-state index is 0.268. The molecule has 5 aromatic rings. The van der Waals surface area contributed by atoms with Crippen molar-refractivity contribution in [2.24, 2.45) is 4.99 Å². The lowest BCUT2D eigenvalue weighted by atomic mass is 10.0. The molecular formula is C31H28F4N6O2S. The van der Waals surface area contributed by atoms with Gasteiger partial charge in [0.05, 0.1) is 17.9 Å². The maximum atomic E-state index is 15.0. The molecular weight excluding hydrogens is 596 g/mol. The van der Waals surface area contributed by atoms with E-state index >= 15 is 4.39 Å². The van der Waals surface area contributed by atoms with Gasteiger partial charge in [0, 0.05) is 16.6 Å². The van der Waals surface area contributed by atoms with Crippen molar-refractivity contribution in [3.8, 4) is 28.5 Å². The first-order chi connectivity index (χ1) is 21.0. The molecule has 1 N–H and O–H groups in total. The normalized spacial score (nSPS) is 12.9. The molecule has 2 heterocycles. The average Bonchev–Trinajstić information content (AvgIpc) is 3.62. The molecule has 0 radical (unpaired) electrons. The van der Waals surface area contributed by atoms with Crippen LogP contribution >= 0.6 is 11.3 Å². The van der Waals surface area contributed by atoms with E-state index in [0.717, 1.165) is 16.9 Å². The van der Waals surface area contributed by atoms with Crippen molar-refractivity contribution in [2.45, 2.75) is 39.2 Å². The van der Waals surface area contributed by atoms with Crippen LogP contribution in [0.2, 0.25) is 0 Å². The highest BCUT2D eigenvalue weighted by Gasteiger charge is 2.31. The standard InChI is InChI=1S/C31H28F4N6O2S/c1-19(2)25-6-4-5-7-27(25)41-20(3)17-44-30(41)38-29(42)36-16-26(32)21-8-10-22(11-9-21)28-37-18-40(39-28)23-12-14-24(15-13-23)43-31(33,34)35/h4-15,17-19,26H,16H2,1-3H3,(H,36,42). The number of nitrogens with one attached hydrogen (secondary N) is 1. The lowest BCUT2D eigenvalue weighted by Crippen LogP contribution is -2.27. The molecule has 8 nitrogen and oxygen atoms in total. The SMILES string of the molecule is Cc1csc(=NC(=O)NCC(F)c2ccc(-c3ncn(-c4ccc(OC(F)(F)F)cc4)n3)cc2)n1-c1ccccc1C(C)C. The molecule has 3 aromatic carbocycles. The Morgan fingerprint density at radius 1 is 1.05 bits per heavy atom. The Bertz CT molecular complexity index is 1810. The number of nitrogens with zero attached hydrogens (tertiary/aromatic N) is 5. The zero-order chi connectivity index (χ0) is 31.4. The Balaban J connectivity index is 1.22. The van der Waals surface area contributed by atoms with Gasteiger partial charge in [0.2, 0.25) is 0 Å². The fraction of sp³-hybridized carbons (Fsp3) is 0.226. The predicted molar refractivity (Wildman–Crippen MR) is 159 cm³/mol. The number of hydrogen-bond acceptors (Lipinski definition) is 5. The number of hydrogen-bond donors (Lipinski definition) is 1. The van der Waals surface area contributed by atoms with E-state index in [1.54, 1.807) is 24.3 Å². The van der Waals surface area contributed by atoms with Crippen molar-refractivity contribution < 1.29 is 27.1 Å². The number of benzene rings is 3. The second-order valence-electron chi connectivity index (χ2n) is 10.2. The van der Waals surface area contributed by atoms with E-state index in [-0.39, 0.29) is 18.2 Å². The minimum atomic E-state index is -4.78. The Morgan fingerprint density at radius 3 is 2.43 bits per heavy atom. The van der Waals surface area contributed by atoms with E-state index in [0.29, 0.717) is 27.4 Å². The van der Waals surface area contributed by atoms with Crippen LogP contribution in [0.25, 0.3) is 22.8 Å². The van der Waals surface area contributed by atoms with E-state index in [9.17, 15) is 18.0 Å². The fourth-order valence-electron chi connectivity index (χ4n) is 4.53. The maximum Gasteiger partial charge on any atom is 0.573 e. The minimum Gasteiger partial charge on any atom is -0.406 e. The summed E-state index contributed by atoms with van der Waals surface area (Å²) in [5, 5.41) is 8.83. The van der Waals surface area contributed by atoms with Gasteiger partial charge in [-0.25, -0.2) is 18.9 Å². The molecule has 1 atom stereocenters. The summed E-state index contributed by atoms with van der Waals surface area (Å²) >= 11 is 1.33. The molecule has 0 aliphatic rings. The summed E-state index contributed by atoms with van der Waals surface area (Å²) in [4.78, 5) is 21.6. The molecule has 0 aliphatic heterocycles. The van der Waals surface area contributed by atoms with Crippen LogP contribution in [-0.2, 0) is 0 Å². The van der Waals surface area contributed by atoms with E-state index in [1.165, 1.54) is 46.6 Å². The number of carbonyl (C=O) groups excluding carboxylic acids is 1. The molecule has 0 aliphatic carbocycles. The third-order valence-corrected chi connectivity index (χ3v) is 7.61. The van der Waals surface area contributed by atoms with Gasteiger partial charge in [0.1, 0.15) is 18.2 Å². The van der Waals surface area contributed by atoms with Crippen LogP contribution < -0.4 is 14.9 Å². The van der Waals surface area contributed by atoms with Crippen LogP contribution in [-0.4, -0.2) is 38.3 Å². The number of aromatic nitrogens is 4. The van der Waals surface area contributed by atoms with Crippen LogP contribution in [0.1, 0.15) is 42.8 Å². The molecule has 1 unspecified atom stereocenters. The Labute approximate surface area is 254 Å². The topological polar surface area (TPSA) is 86.3 Å². The number of carbonyl (C=O) groups is 1. The molecule has 5 rings (SSSR count). The summed E-state index contributed by atoms with van der Waals surface area (Å²) in [7, 11) is 0. The zero-order valence-electron chi connectivity index (χ0n) is 23.9. The highest BCUT2D eigenvalue weighted by atomic mass is 32.1. The fourth-order valence-corrected chi connectivity index (χ4v) is 5.39. The lowest BCUT2D eigenvalue weighted by Gasteiger charge is -2.15. The predicted octanol–water partition coefficient (Wildman–Crippen LogP) is 7.44. The Kier molecular flexibility index (Phi) is 8.95. The van der Waals surface area contributed by atoms with Crippen LogP contribution in [0.4, 0.5) is 22.4 Å². The van der Waals surface area contributed by atoms with E-state index in [4.69, 9.17) is 0 Å². The second kappa shape index (κ2) is 12.8. The molecule has 0 saturated carbocycles. The van der Waals surface area contributed by atoms with Gasteiger partial charge in [0.15, 0.2) is 10.6 Å². The quantitative estimate of drug-likeness (QED) is 0.182. The van der Waals surface area contributed by atoms with Crippen molar-refractivity contribution in [3.63, 3.8) is 0 Å². The van der Waals surface area contributed by atoms with Crippen LogP contribution in [0, 0.1) is 6.92 Å². The average molecular weight is 625 g/mol. The third-order valence-electron chi connectivity index (χ3n) is 6.67. The monoisotopic (exact) mass is 624 g/mol. The molecule has 228 valence electrons. The number of para-hydroxylation sites is 1. The largest absolute Gasteiger partial charge is 0.573 e. The zero-order valence-corrected chi connectivity index (χ0v) is 24.7. The van der Waals surface area contributed by atoms with Gasteiger partial charge >= 0.3 is 12.4 Å². The summed E-state index contributed by atoms with van der Waals surface area (Å²) in [5.41, 5.74) is 4.44. The maximum absolute atomic E-state index is 15.0. The second-order valence-corrected chi connectivity index (χ2v) is 11.0. The van der Waals surface area contributed by atoms with Gasteiger partial charge in [0.25, 0.3) is 0 Å². The van der Waals surface area contributed by atoms with Crippen molar-refractivity contribution >= 4 is 17.4 Å². The molecule has 2 aromatic heterocycles. The number of rotatable bonds is 8. The van der Waals surface area contributed by atoms with Crippen molar-refractivity contribution in [3.05, 3.63) is 106 Å². The highest BCUT2D eigenvalue weighted by molar-refractivity contribution is 7.07. The summed E-state index contributed by atoms with van der Waals surface area (Å²) in [5.74, 6) is 0.265. The van der Waals surface area contributed by atoms with Gasteiger partial charge < -0.3 is 10.1 Å². The Hall–Kier alpha value is -4.78. The summed E-state index contributed by atoms with van der Waals surface area (Å²) in [6.45, 7) is 5.88.